The Morgan fingerprint density at radius 2 is 2.19 bits per heavy atom. The molecule has 2 aromatic heterocycles. The molecule has 21 heavy (non-hydrogen) atoms. The number of hydrogen-bond acceptors (Lipinski definition) is 4. The van der Waals surface area contributed by atoms with Crippen LogP contribution in [0.25, 0.3) is 0 Å². The van der Waals surface area contributed by atoms with Crippen LogP contribution >= 0.6 is 11.6 Å². The summed E-state index contributed by atoms with van der Waals surface area (Å²) in [5, 5.41) is 0.265. The van der Waals surface area contributed by atoms with E-state index in [4.69, 9.17) is 17.3 Å². The third-order valence-corrected chi connectivity index (χ3v) is 3.65. The van der Waals surface area contributed by atoms with Crippen LogP contribution in [0.1, 0.15) is 28.9 Å². The fraction of sp³-hybridized carbons (Fsp3) is 0.267. The maximum atomic E-state index is 12.7. The number of carbonyl (C=O) groups is 1. The van der Waals surface area contributed by atoms with E-state index in [0.29, 0.717) is 17.8 Å². The van der Waals surface area contributed by atoms with Crippen LogP contribution in [0.5, 0.6) is 0 Å². The van der Waals surface area contributed by atoms with Crippen molar-refractivity contribution in [3.8, 4) is 0 Å². The Morgan fingerprint density at radius 3 is 2.86 bits per heavy atom. The van der Waals surface area contributed by atoms with Crippen molar-refractivity contribution >= 4 is 23.2 Å². The van der Waals surface area contributed by atoms with E-state index in [1.807, 2.05) is 23.1 Å². The van der Waals surface area contributed by atoms with Gasteiger partial charge >= 0.3 is 0 Å². The van der Waals surface area contributed by atoms with Crippen molar-refractivity contribution in [3.05, 3.63) is 53.1 Å². The van der Waals surface area contributed by atoms with Gasteiger partial charge in [-0.25, -0.2) is 4.98 Å². The molecule has 0 atom stereocenters. The molecule has 1 aliphatic carbocycles. The van der Waals surface area contributed by atoms with Crippen LogP contribution in [0.3, 0.4) is 0 Å². The molecule has 3 rings (SSSR count). The number of pyridine rings is 2. The van der Waals surface area contributed by atoms with Gasteiger partial charge in [0.2, 0.25) is 0 Å². The molecule has 1 amide bonds. The first-order valence-electron chi connectivity index (χ1n) is 6.77. The number of nitrogens with zero attached hydrogens (tertiary/aromatic N) is 3. The van der Waals surface area contributed by atoms with Crippen molar-refractivity contribution in [1.82, 2.24) is 14.9 Å². The molecule has 0 spiro atoms. The number of anilines is 1. The molecule has 0 saturated heterocycles. The predicted octanol–water partition coefficient (Wildman–Crippen LogP) is 2.52. The fourth-order valence-electron chi connectivity index (χ4n) is 2.20. The maximum absolute atomic E-state index is 12.7. The summed E-state index contributed by atoms with van der Waals surface area (Å²) in [4.78, 5) is 22.7. The van der Waals surface area contributed by atoms with Crippen molar-refractivity contribution in [2.75, 3.05) is 5.73 Å². The van der Waals surface area contributed by atoms with Gasteiger partial charge in [-0.15, -0.1) is 0 Å². The minimum atomic E-state index is -0.120. The molecule has 2 N–H and O–H groups in total. The Labute approximate surface area is 127 Å². The number of carbonyl (C=O) groups excluding carboxylic acids is 1. The minimum Gasteiger partial charge on any atom is -0.397 e. The average molecular weight is 303 g/mol. The molecule has 2 heterocycles. The zero-order chi connectivity index (χ0) is 14.8. The van der Waals surface area contributed by atoms with Gasteiger partial charge in [0, 0.05) is 12.2 Å². The van der Waals surface area contributed by atoms with Crippen LogP contribution in [0, 0.1) is 0 Å². The van der Waals surface area contributed by atoms with Gasteiger partial charge in [-0.1, -0.05) is 17.7 Å². The SMILES string of the molecule is Nc1cnc(Cl)cc1C(=O)N(Cc1ccccn1)C1CC1. The molecule has 0 radical (unpaired) electrons. The summed E-state index contributed by atoms with van der Waals surface area (Å²) in [5.41, 5.74) is 7.46. The van der Waals surface area contributed by atoms with Crippen molar-refractivity contribution < 1.29 is 4.79 Å². The standard InChI is InChI=1S/C15H15ClN4O/c16-14-7-12(13(17)8-19-14)15(21)20(11-4-5-11)9-10-3-1-2-6-18-10/h1-3,6-8,11H,4-5,9,17H2. The van der Waals surface area contributed by atoms with E-state index in [-0.39, 0.29) is 17.1 Å². The highest BCUT2D eigenvalue weighted by Gasteiger charge is 2.34. The third-order valence-electron chi connectivity index (χ3n) is 3.44. The van der Waals surface area contributed by atoms with Gasteiger partial charge in [0.15, 0.2) is 0 Å². The van der Waals surface area contributed by atoms with Crippen LogP contribution in [-0.4, -0.2) is 26.8 Å². The number of nitrogen functional groups attached to an aromatic ring is 1. The molecule has 2 aromatic rings. The summed E-state index contributed by atoms with van der Waals surface area (Å²) in [7, 11) is 0. The van der Waals surface area contributed by atoms with E-state index in [0.717, 1.165) is 18.5 Å². The highest BCUT2D eigenvalue weighted by Crippen LogP contribution is 2.30. The van der Waals surface area contributed by atoms with E-state index >= 15 is 0 Å². The maximum Gasteiger partial charge on any atom is 0.256 e. The van der Waals surface area contributed by atoms with Crippen LogP contribution in [0.15, 0.2) is 36.7 Å². The Balaban J connectivity index is 1.87. The first-order valence-corrected chi connectivity index (χ1v) is 7.15. The van der Waals surface area contributed by atoms with Crippen LogP contribution < -0.4 is 5.73 Å². The van der Waals surface area contributed by atoms with Crippen LogP contribution in [0.4, 0.5) is 5.69 Å². The summed E-state index contributed by atoms with van der Waals surface area (Å²) < 4.78 is 0. The lowest BCUT2D eigenvalue weighted by molar-refractivity contribution is 0.0728. The zero-order valence-electron chi connectivity index (χ0n) is 11.4. The van der Waals surface area contributed by atoms with E-state index in [2.05, 4.69) is 9.97 Å². The van der Waals surface area contributed by atoms with Gasteiger partial charge in [-0.05, 0) is 31.0 Å². The second-order valence-electron chi connectivity index (χ2n) is 5.08. The lowest BCUT2D eigenvalue weighted by Gasteiger charge is -2.22. The molecule has 1 fully saturated rings. The van der Waals surface area contributed by atoms with E-state index in [9.17, 15) is 4.79 Å². The highest BCUT2D eigenvalue weighted by molar-refractivity contribution is 6.29. The number of halogens is 1. The van der Waals surface area contributed by atoms with Gasteiger partial charge in [0.1, 0.15) is 5.15 Å². The van der Waals surface area contributed by atoms with Gasteiger partial charge in [0.05, 0.1) is 29.7 Å². The molecule has 0 unspecified atom stereocenters. The molecule has 6 heteroatoms. The Morgan fingerprint density at radius 1 is 1.38 bits per heavy atom. The summed E-state index contributed by atoms with van der Waals surface area (Å²) in [6.07, 6.45) is 5.17. The van der Waals surface area contributed by atoms with Crippen LogP contribution in [0.2, 0.25) is 5.15 Å². The number of rotatable bonds is 4. The number of hydrogen-bond donors (Lipinski definition) is 1. The molecule has 108 valence electrons. The Bertz CT molecular complexity index is 658. The third kappa shape index (κ3) is 3.13. The zero-order valence-corrected chi connectivity index (χ0v) is 12.1. The number of amides is 1. The molecule has 1 aliphatic rings. The quantitative estimate of drug-likeness (QED) is 0.881. The molecular weight excluding hydrogens is 288 g/mol. The predicted molar refractivity (Wildman–Crippen MR) is 80.8 cm³/mol. The molecule has 0 bridgehead atoms. The number of nitrogens with two attached hydrogens (primary N) is 1. The molecule has 0 aromatic carbocycles. The van der Waals surface area contributed by atoms with Crippen molar-refractivity contribution in [2.45, 2.75) is 25.4 Å². The van der Waals surface area contributed by atoms with Gasteiger partial charge in [-0.2, -0.15) is 0 Å². The molecular formula is C15H15ClN4O. The molecule has 0 aliphatic heterocycles. The average Bonchev–Trinajstić information content (AvgIpc) is 3.32. The fourth-order valence-corrected chi connectivity index (χ4v) is 2.36. The topological polar surface area (TPSA) is 72.1 Å². The lowest BCUT2D eigenvalue weighted by atomic mass is 10.2. The monoisotopic (exact) mass is 302 g/mol. The van der Waals surface area contributed by atoms with Gasteiger partial charge in [-0.3, -0.25) is 9.78 Å². The van der Waals surface area contributed by atoms with E-state index < -0.39 is 0 Å². The minimum absolute atomic E-state index is 0.120. The summed E-state index contributed by atoms with van der Waals surface area (Å²) in [6, 6.07) is 7.45. The van der Waals surface area contributed by atoms with Crippen molar-refractivity contribution in [1.29, 1.82) is 0 Å². The number of aromatic nitrogens is 2. The normalized spacial score (nSPS) is 14.0. The first-order chi connectivity index (χ1) is 10.1. The molecule has 5 nitrogen and oxygen atoms in total. The Hall–Kier alpha value is -2.14. The van der Waals surface area contributed by atoms with E-state index in [1.165, 1.54) is 12.3 Å². The van der Waals surface area contributed by atoms with Crippen molar-refractivity contribution in [2.24, 2.45) is 0 Å². The van der Waals surface area contributed by atoms with Gasteiger partial charge in [0.25, 0.3) is 5.91 Å². The first kappa shape index (κ1) is 13.8. The largest absolute Gasteiger partial charge is 0.397 e. The van der Waals surface area contributed by atoms with Gasteiger partial charge < -0.3 is 10.6 Å². The molecule has 1 saturated carbocycles. The highest BCUT2D eigenvalue weighted by atomic mass is 35.5. The second kappa shape index (κ2) is 5.69. The second-order valence-corrected chi connectivity index (χ2v) is 5.47. The Kier molecular flexibility index (Phi) is 3.75. The summed E-state index contributed by atoms with van der Waals surface area (Å²) in [5.74, 6) is -0.120. The van der Waals surface area contributed by atoms with E-state index in [1.54, 1.807) is 6.20 Å². The van der Waals surface area contributed by atoms with Crippen molar-refractivity contribution in [3.63, 3.8) is 0 Å². The lowest BCUT2D eigenvalue weighted by Crippen LogP contribution is -2.33. The van der Waals surface area contributed by atoms with Crippen LogP contribution in [-0.2, 0) is 6.54 Å². The summed E-state index contributed by atoms with van der Waals surface area (Å²) in [6.45, 7) is 0.476. The smallest absolute Gasteiger partial charge is 0.256 e. The summed E-state index contributed by atoms with van der Waals surface area (Å²) >= 11 is 5.87.